The summed E-state index contributed by atoms with van der Waals surface area (Å²) in [6.45, 7) is 7.19. The lowest BCUT2D eigenvalue weighted by molar-refractivity contribution is 0.261. The van der Waals surface area contributed by atoms with E-state index in [4.69, 9.17) is 9.47 Å². The number of fused-ring (bicyclic) bond motifs is 2. The molecule has 30 heavy (non-hydrogen) atoms. The molecule has 2 aromatic heterocycles. The van der Waals surface area contributed by atoms with Gasteiger partial charge in [0.2, 0.25) is 0 Å². The van der Waals surface area contributed by atoms with Crippen LogP contribution in [0, 0.1) is 0 Å². The van der Waals surface area contributed by atoms with Crippen LogP contribution in [0.25, 0.3) is 5.52 Å². The van der Waals surface area contributed by atoms with E-state index in [9.17, 15) is 0 Å². The molecule has 0 spiro atoms. The molecule has 0 aliphatic carbocycles. The second-order valence-electron chi connectivity index (χ2n) is 8.16. The first kappa shape index (κ1) is 19.2. The molecule has 6 heteroatoms. The number of anilines is 1. The van der Waals surface area contributed by atoms with Gasteiger partial charge in [-0.1, -0.05) is 12.1 Å². The predicted molar refractivity (Wildman–Crippen MR) is 119 cm³/mol. The number of hydrogen-bond acceptors (Lipinski definition) is 5. The van der Waals surface area contributed by atoms with E-state index in [0.717, 1.165) is 69.3 Å². The summed E-state index contributed by atoms with van der Waals surface area (Å²) < 4.78 is 13.7. The van der Waals surface area contributed by atoms with Crippen LogP contribution in [-0.4, -0.2) is 60.5 Å². The minimum absolute atomic E-state index is 0.762. The Morgan fingerprint density at radius 2 is 2.03 bits per heavy atom. The molecular formula is C24H30N4O2. The number of hydrogen-bond donors (Lipinski definition) is 0. The molecule has 5 rings (SSSR count). The van der Waals surface area contributed by atoms with E-state index in [-0.39, 0.29) is 0 Å². The average Bonchev–Trinajstić information content (AvgIpc) is 3.38. The summed E-state index contributed by atoms with van der Waals surface area (Å²) in [6, 6.07) is 12.6. The zero-order chi connectivity index (χ0) is 20.2. The van der Waals surface area contributed by atoms with Crippen molar-refractivity contribution in [1.29, 1.82) is 0 Å². The Morgan fingerprint density at radius 1 is 1.03 bits per heavy atom. The third-order valence-corrected chi connectivity index (χ3v) is 6.13. The van der Waals surface area contributed by atoms with Crippen molar-refractivity contribution in [2.45, 2.75) is 25.7 Å². The van der Waals surface area contributed by atoms with Gasteiger partial charge in [0.25, 0.3) is 0 Å². The largest absolute Gasteiger partial charge is 0.493 e. The molecule has 0 bridgehead atoms. The molecule has 1 aromatic carbocycles. The van der Waals surface area contributed by atoms with Crippen LogP contribution in [-0.2, 0) is 6.42 Å². The number of nitrogens with zero attached hydrogens (tertiary/aromatic N) is 4. The highest BCUT2D eigenvalue weighted by atomic mass is 16.5. The Bertz CT molecular complexity index is 986. The van der Waals surface area contributed by atoms with Crippen LogP contribution in [0.15, 0.2) is 48.8 Å². The Balaban J connectivity index is 1.06. The Hall–Kier alpha value is -2.73. The van der Waals surface area contributed by atoms with Crippen molar-refractivity contribution in [2.24, 2.45) is 0 Å². The normalized spacial score (nSPS) is 17.0. The van der Waals surface area contributed by atoms with E-state index < -0.39 is 0 Å². The van der Waals surface area contributed by atoms with Gasteiger partial charge in [0.05, 0.1) is 24.4 Å². The molecule has 1 fully saturated rings. The molecule has 0 saturated carbocycles. The maximum Gasteiger partial charge on any atom is 0.145 e. The monoisotopic (exact) mass is 406 g/mol. The fourth-order valence-corrected chi connectivity index (χ4v) is 4.50. The lowest BCUT2D eigenvalue weighted by atomic mass is 10.1. The highest BCUT2D eigenvalue weighted by Crippen LogP contribution is 2.36. The smallest absolute Gasteiger partial charge is 0.145 e. The van der Waals surface area contributed by atoms with Gasteiger partial charge in [0, 0.05) is 44.5 Å². The summed E-state index contributed by atoms with van der Waals surface area (Å²) in [5, 5.41) is 4.22. The molecule has 2 aliphatic rings. The third-order valence-electron chi connectivity index (χ3n) is 6.13. The van der Waals surface area contributed by atoms with Gasteiger partial charge in [-0.3, -0.25) is 0 Å². The number of para-hydroxylation sites is 1. The lowest BCUT2D eigenvalue weighted by Crippen LogP contribution is -2.31. The molecule has 0 atom stereocenters. The van der Waals surface area contributed by atoms with Crippen molar-refractivity contribution >= 4 is 11.2 Å². The van der Waals surface area contributed by atoms with Gasteiger partial charge in [-0.25, -0.2) is 4.52 Å². The number of aromatic nitrogens is 2. The lowest BCUT2D eigenvalue weighted by Gasteiger charge is -2.25. The summed E-state index contributed by atoms with van der Waals surface area (Å²) in [6.07, 6.45) is 8.23. The first-order valence-corrected chi connectivity index (χ1v) is 11.1. The number of rotatable bonds is 7. The summed E-state index contributed by atoms with van der Waals surface area (Å²) in [4.78, 5) is 5.11. The van der Waals surface area contributed by atoms with Crippen LogP contribution >= 0.6 is 0 Å². The number of benzene rings is 1. The number of ether oxygens (including phenoxy) is 2. The van der Waals surface area contributed by atoms with E-state index in [0.29, 0.717) is 0 Å². The molecule has 0 amide bonds. The van der Waals surface area contributed by atoms with Crippen LogP contribution in [0.3, 0.4) is 0 Å². The molecule has 1 saturated heterocycles. The topological polar surface area (TPSA) is 42.2 Å². The van der Waals surface area contributed by atoms with Gasteiger partial charge in [-0.2, -0.15) is 5.10 Å². The maximum atomic E-state index is 5.93. The minimum Gasteiger partial charge on any atom is -0.493 e. The molecule has 158 valence electrons. The number of unbranched alkanes of at least 4 members (excludes halogenated alkanes) is 1. The summed E-state index contributed by atoms with van der Waals surface area (Å²) in [5.41, 5.74) is 3.72. The van der Waals surface area contributed by atoms with E-state index >= 15 is 0 Å². The number of pyridine rings is 1. The minimum atomic E-state index is 0.762. The quantitative estimate of drug-likeness (QED) is 0.561. The second-order valence-corrected chi connectivity index (χ2v) is 8.16. The molecule has 0 unspecified atom stereocenters. The van der Waals surface area contributed by atoms with Crippen LogP contribution in [0.1, 0.15) is 24.8 Å². The first-order valence-electron chi connectivity index (χ1n) is 11.1. The SMILES string of the molecule is c1cc2c(c(N3CCCN(CCCCOc4ccn5nccc5c4)CC3)c1)OCC2. The standard InChI is InChI=1S/C24H30N4O2/c1(2-17-29-22-8-14-28-21(19-22)7-10-25-28)11-26-12-4-13-27(16-15-26)23-6-3-5-20-9-18-30-24(20)23/h3,5-8,10,14,19H,1-2,4,9,11-13,15-18H2. The highest BCUT2D eigenvalue weighted by molar-refractivity contribution is 5.63. The summed E-state index contributed by atoms with van der Waals surface area (Å²) in [5.74, 6) is 2.04. The first-order chi connectivity index (χ1) is 14.9. The molecule has 2 aliphatic heterocycles. The van der Waals surface area contributed by atoms with Crippen molar-refractivity contribution in [1.82, 2.24) is 14.5 Å². The van der Waals surface area contributed by atoms with E-state index in [1.165, 1.54) is 30.6 Å². The fourth-order valence-electron chi connectivity index (χ4n) is 4.50. The third kappa shape index (κ3) is 4.24. The average molecular weight is 407 g/mol. The van der Waals surface area contributed by atoms with Crippen molar-refractivity contribution in [3.63, 3.8) is 0 Å². The van der Waals surface area contributed by atoms with Crippen molar-refractivity contribution in [3.05, 3.63) is 54.4 Å². The van der Waals surface area contributed by atoms with Gasteiger partial charge < -0.3 is 19.3 Å². The second kappa shape index (κ2) is 8.96. The van der Waals surface area contributed by atoms with Crippen LogP contribution in [0.5, 0.6) is 11.5 Å². The molecule has 0 N–H and O–H groups in total. The van der Waals surface area contributed by atoms with Crippen LogP contribution in [0.4, 0.5) is 5.69 Å². The van der Waals surface area contributed by atoms with Gasteiger partial charge in [0.1, 0.15) is 11.5 Å². The maximum absolute atomic E-state index is 5.93. The van der Waals surface area contributed by atoms with Gasteiger partial charge >= 0.3 is 0 Å². The summed E-state index contributed by atoms with van der Waals surface area (Å²) >= 11 is 0. The highest BCUT2D eigenvalue weighted by Gasteiger charge is 2.22. The molecule has 3 aromatic rings. The van der Waals surface area contributed by atoms with Crippen molar-refractivity contribution in [2.75, 3.05) is 50.8 Å². The van der Waals surface area contributed by atoms with Crippen molar-refractivity contribution in [3.8, 4) is 11.5 Å². The van der Waals surface area contributed by atoms with Gasteiger partial charge in [-0.15, -0.1) is 0 Å². The van der Waals surface area contributed by atoms with E-state index in [1.807, 2.05) is 28.9 Å². The zero-order valence-electron chi connectivity index (χ0n) is 17.5. The Labute approximate surface area is 178 Å². The molecule has 6 nitrogen and oxygen atoms in total. The predicted octanol–water partition coefficient (Wildman–Crippen LogP) is 3.64. The Morgan fingerprint density at radius 3 is 3.03 bits per heavy atom. The Kier molecular flexibility index (Phi) is 5.75. The van der Waals surface area contributed by atoms with Gasteiger partial charge in [0.15, 0.2) is 0 Å². The molecule has 0 radical (unpaired) electrons. The fraction of sp³-hybridized carbons (Fsp3) is 0.458. The van der Waals surface area contributed by atoms with E-state index in [2.05, 4.69) is 33.1 Å². The zero-order valence-corrected chi connectivity index (χ0v) is 17.5. The van der Waals surface area contributed by atoms with Crippen LogP contribution in [0.2, 0.25) is 0 Å². The van der Waals surface area contributed by atoms with Gasteiger partial charge in [-0.05, 0) is 56.1 Å². The van der Waals surface area contributed by atoms with Crippen molar-refractivity contribution < 1.29 is 9.47 Å². The van der Waals surface area contributed by atoms with Crippen LogP contribution < -0.4 is 14.4 Å². The van der Waals surface area contributed by atoms with E-state index in [1.54, 1.807) is 6.20 Å². The summed E-state index contributed by atoms with van der Waals surface area (Å²) in [7, 11) is 0. The molecular weight excluding hydrogens is 376 g/mol. The molecule has 4 heterocycles.